The predicted octanol–water partition coefficient (Wildman–Crippen LogP) is 2.99. The summed E-state index contributed by atoms with van der Waals surface area (Å²) in [7, 11) is 0. The van der Waals surface area contributed by atoms with Crippen LogP contribution in [-0.4, -0.2) is 18.0 Å². The lowest BCUT2D eigenvalue weighted by Crippen LogP contribution is -1.82. The van der Waals surface area contributed by atoms with Crippen LogP contribution in [0.4, 0.5) is 5.13 Å². The van der Waals surface area contributed by atoms with E-state index >= 15 is 0 Å². The third-order valence-corrected chi connectivity index (χ3v) is 2.63. The summed E-state index contributed by atoms with van der Waals surface area (Å²) in [5.74, 6) is 0. The highest BCUT2D eigenvalue weighted by molar-refractivity contribution is 7.21. The molecule has 0 bridgehead atoms. The molecule has 3 nitrogen and oxygen atoms in total. The third-order valence-electron chi connectivity index (χ3n) is 1.69. The van der Waals surface area contributed by atoms with Gasteiger partial charge in [-0.05, 0) is 19.1 Å². The van der Waals surface area contributed by atoms with Gasteiger partial charge in [-0.15, -0.1) is 0 Å². The summed E-state index contributed by atoms with van der Waals surface area (Å²) in [5.41, 5.74) is 0.987. The van der Waals surface area contributed by atoms with Gasteiger partial charge in [0.15, 0.2) is 6.40 Å². The SMILES string of the molecule is CCOC=Nc1nc2ccccc2s1. The average Bonchev–Trinajstić information content (AvgIpc) is 2.60. The Morgan fingerprint density at radius 3 is 3.14 bits per heavy atom. The number of para-hydroxylation sites is 1. The second-order valence-electron chi connectivity index (χ2n) is 2.65. The zero-order valence-corrected chi connectivity index (χ0v) is 8.62. The third kappa shape index (κ3) is 1.90. The predicted molar refractivity (Wildman–Crippen MR) is 59.4 cm³/mol. The van der Waals surface area contributed by atoms with E-state index in [1.54, 1.807) is 11.3 Å². The van der Waals surface area contributed by atoms with E-state index in [1.165, 1.54) is 6.40 Å². The topological polar surface area (TPSA) is 34.5 Å². The van der Waals surface area contributed by atoms with Crippen molar-refractivity contribution in [3.63, 3.8) is 0 Å². The number of rotatable bonds is 3. The summed E-state index contributed by atoms with van der Waals surface area (Å²) in [6, 6.07) is 7.98. The highest BCUT2D eigenvalue weighted by atomic mass is 32.1. The molecule has 0 N–H and O–H groups in total. The Bertz CT molecular complexity index is 417. The molecular weight excluding hydrogens is 196 g/mol. The van der Waals surface area contributed by atoms with Crippen molar-refractivity contribution in [1.29, 1.82) is 0 Å². The van der Waals surface area contributed by atoms with Crippen molar-refractivity contribution < 1.29 is 4.74 Å². The van der Waals surface area contributed by atoms with Crippen LogP contribution in [-0.2, 0) is 4.74 Å². The molecule has 0 amide bonds. The largest absolute Gasteiger partial charge is 0.483 e. The van der Waals surface area contributed by atoms with E-state index in [9.17, 15) is 0 Å². The number of aromatic nitrogens is 1. The van der Waals surface area contributed by atoms with E-state index in [4.69, 9.17) is 4.74 Å². The second-order valence-corrected chi connectivity index (χ2v) is 3.66. The van der Waals surface area contributed by atoms with E-state index < -0.39 is 0 Å². The molecule has 0 fully saturated rings. The maximum absolute atomic E-state index is 5.01. The lowest BCUT2D eigenvalue weighted by molar-refractivity contribution is 0.344. The molecule has 1 heterocycles. The van der Waals surface area contributed by atoms with Crippen LogP contribution in [0.25, 0.3) is 10.2 Å². The van der Waals surface area contributed by atoms with E-state index in [0.717, 1.165) is 15.3 Å². The molecule has 2 rings (SSSR count). The van der Waals surface area contributed by atoms with Crippen molar-refractivity contribution in [3.8, 4) is 0 Å². The number of nitrogens with zero attached hydrogens (tertiary/aromatic N) is 2. The first-order chi connectivity index (χ1) is 6.90. The number of benzene rings is 1. The van der Waals surface area contributed by atoms with E-state index in [0.29, 0.717) is 6.61 Å². The molecule has 0 saturated carbocycles. The maximum Gasteiger partial charge on any atom is 0.213 e. The van der Waals surface area contributed by atoms with Crippen LogP contribution in [0.15, 0.2) is 29.3 Å². The first-order valence-electron chi connectivity index (χ1n) is 4.40. The lowest BCUT2D eigenvalue weighted by atomic mass is 10.3. The van der Waals surface area contributed by atoms with Crippen LogP contribution in [0, 0.1) is 0 Å². The zero-order valence-electron chi connectivity index (χ0n) is 7.80. The average molecular weight is 206 g/mol. The van der Waals surface area contributed by atoms with Gasteiger partial charge in [0.25, 0.3) is 0 Å². The van der Waals surface area contributed by atoms with Crippen LogP contribution in [0.2, 0.25) is 0 Å². The van der Waals surface area contributed by atoms with Crippen LogP contribution in [0.1, 0.15) is 6.92 Å². The van der Waals surface area contributed by atoms with Crippen LogP contribution < -0.4 is 0 Å². The standard InChI is InChI=1S/C10H10N2OS/c1-2-13-7-11-10-12-8-5-3-4-6-9(8)14-10/h3-7H,2H2,1H3. The summed E-state index contributed by atoms with van der Waals surface area (Å²) in [6.45, 7) is 2.55. The number of aliphatic imine (C=N–C) groups is 1. The smallest absolute Gasteiger partial charge is 0.213 e. The van der Waals surface area contributed by atoms with Gasteiger partial charge in [0.1, 0.15) is 0 Å². The number of ether oxygens (including phenoxy) is 1. The number of fused-ring (bicyclic) bond motifs is 1. The van der Waals surface area contributed by atoms with Crippen molar-refractivity contribution in [1.82, 2.24) is 4.98 Å². The normalized spacial score (nSPS) is 11.2. The van der Waals surface area contributed by atoms with Crippen LogP contribution in [0.5, 0.6) is 0 Å². The van der Waals surface area contributed by atoms with E-state index in [1.807, 2.05) is 31.2 Å². The molecule has 0 unspecified atom stereocenters. The van der Waals surface area contributed by atoms with Gasteiger partial charge < -0.3 is 4.74 Å². The fourth-order valence-corrected chi connectivity index (χ4v) is 1.87. The molecule has 14 heavy (non-hydrogen) atoms. The first kappa shape index (κ1) is 9.15. The molecule has 72 valence electrons. The van der Waals surface area contributed by atoms with Gasteiger partial charge in [-0.2, -0.15) is 4.99 Å². The molecule has 1 aromatic heterocycles. The molecule has 2 aromatic rings. The molecule has 0 atom stereocenters. The van der Waals surface area contributed by atoms with Crippen molar-refractivity contribution >= 4 is 33.1 Å². The quantitative estimate of drug-likeness (QED) is 0.571. The van der Waals surface area contributed by atoms with Gasteiger partial charge in [0, 0.05) is 0 Å². The number of thiazole rings is 1. The number of hydrogen-bond donors (Lipinski definition) is 0. The van der Waals surface area contributed by atoms with Gasteiger partial charge in [-0.3, -0.25) is 0 Å². The Balaban J connectivity index is 2.27. The summed E-state index contributed by atoms with van der Waals surface area (Å²) >= 11 is 1.56. The summed E-state index contributed by atoms with van der Waals surface area (Å²) < 4.78 is 6.16. The molecule has 0 aliphatic rings. The first-order valence-corrected chi connectivity index (χ1v) is 5.21. The van der Waals surface area contributed by atoms with Gasteiger partial charge in [-0.25, -0.2) is 4.98 Å². The monoisotopic (exact) mass is 206 g/mol. The van der Waals surface area contributed by atoms with E-state index in [-0.39, 0.29) is 0 Å². The molecule has 0 radical (unpaired) electrons. The Labute approximate surface area is 86.1 Å². The molecule has 0 aliphatic carbocycles. The molecule has 1 aromatic carbocycles. The summed E-state index contributed by atoms with van der Waals surface area (Å²) in [4.78, 5) is 8.42. The van der Waals surface area contributed by atoms with Gasteiger partial charge in [0.05, 0.1) is 16.8 Å². The molecule has 0 saturated heterocycles. The Kier molecular flexibility index (Phi) is 2.74. The maximum atomic E-state index is 5.01. The molecule has 0 spiro atoms. The van der Waals surface area contributed by atoms with Crippen molar-refractivity contribution in [2.45, 2.75) is 6.92 Å². The minimum Gasteiger partial charge on any atom is -0.483 e. The second kappa shape index (κ2) is 4.19. The summed E-state index contributed by atoms with van der Waals surface area (Å²) in [6.07, 6.45) is 1.44. The van der Waals surface area contributed by atoms with E-state index in [2.05, 4.69) is 9.98 Å². The number of hydrogen-bond acceptors (Lipinski definition) is 4. The van der Waals surface area contributed by atoms with Gasteiger partial charge >= 0.3 is 0 Å². The van der Waals surface area contributed by atoms with Crippen LogP contribution in [0.3, 0.4) is 0 Å². The zero-order chi connectivity index (χ0) is 9.80. The fraction of sp³-hybridized carbons (Fsp3) is 0.200. The molecule has 0 aliphatic heterocycles. The Hall–Kier alpha value is -1.42. The Morgan fingerprint density at radius 1 is 1.50 bits per heavy atom. The highest BCUT2D eigenvalue weighted by Gasteiger charge is 1.99. The van der Waals surface area contributed by atoms with Gasteiger partial charge in [0.2, 0.25) is 5.13 Å². The Morgan fingerprint density at radius 2 is 2.36 bits per heavy atom. The fourth-order valence-electron chi connectivity index (χ4n) is 1.07. The van der Waals surface area contributed by atoms with Crippen molar-refractivity contribution in [2.75, 3.05) is 6.61 Å². The molecular formula is C10H10N2OS. The lowest BCUT2D eigenvalue weighted by Gasteiger charge is -1.88. The van der Waals surface area contributed by atoms with Crippen molar-refractivity contribution in [3.05, 3.63) is 24.3 Å². The highest BCUT2D eigenvalue weighted by Crippen LogP contribution is 2.27. The summed E-state index contributed by atoms with van der Waals surface area (Å²) in [5, 5.41) is 0.736. The van der Waals surface area contributed by atoms with Gasteiger partial charge in [-0.1, -0.05) is 23.5 Å². The van der Waals surface area contributed by atoms with Crippen LogP contribution >= 0.6 is 11.3 Å². The molecule has 4 heteroatoms. The minimum absolute atomic E-state index is 0.633. The minimum atomic E-state index is 0.633. The van der Waals surface area contributed by atoms with Crippen molar-refractivity contribution in [2.24, 2.45) is 4.99 Å².